The molecule has 1 amide bonds. The summed E-state index contributed by atoms with van der Waals surface area (Å²) in [5.74, 6) is 1.52. The quantitative estimate of drug-likeness (QED) is 0.349. The zero-order valence-corrected chi connectivity index (χ0v) is 17.8. The molecule has 5 rings (SSSR count). The molecular formula is C22H16N2O5S2. The Bertz CT molecular complexity index is 1330. The maximum Gasteiger partial charge on any atom is 0.345 e. The molecule has 0 radical (unpaired) electrons. The number of carbonyl (C=O) groups excluding carboxylic acids is 1. The summed E-state index contributed by atoms with van der Waals surface area (Å²) in [5.41, 5.74) is 2.01. The number of benzene rings is 2. The summed E-state index contributed by atoms with van der Waals surface area (Å²) in [6.45, 7) is 0.621. The molecule has 0 bridgehead atoms. The van der Waals surface area contributed by atoms with Crippen LogP contribution in [-0.2, 0) is 11.3 Å². The van der Waals surface area contributed by atoms with E-state index in [0.717, 1.165) is 10.9 Å². The number of amides is 1. The molecule has 156 valence electrons. The first-order valence-electron chi connectivity index (χ1n) is 9.42. The van der Waals surface area contributed by atoms with Crippen molar-refractivity contribution in [3.63, 3.8) is 0 Å². The molecule has 1 aliphatic heterocycles. The Morgan fingerprint density at radius 3 is 2.94 bits per heavy atom. The number of thiazole rings is 1. The van der Waals surface area contributed by atoms with E-state index in [1.807, 2.05) is 36.4 Å². The Kier molecular flexibility index (Phi) is 5.35. The van der Waals surface area contributed by atoms with Crippen LogP contribution in [0.2, 0.25) is 0 Å². The van der Waals surface area contributed by atoms with Gasteiger partial charge in [-0.3, -0.25) is 4.79 Å². The maximum absolute atomic E-state index is 12.3. The van der Waals surface area contributed by atoms with Crippen LogP contribution in [0.4, 0.5) is 0 Å². The van der Waals surface area contributed by atoms with Crippen molar-refractivity contribution >= 4 is 40.0 Å². The zero-order valence-electron chi connectivity index (χ0n) is 16.1. The zero-order chi connectivity index (χ0) is 21.2. The molecule has 31 heavy (non-hydrogen) atoms. The summed E-state index contributed by atoms with van der Waals surface area (Å²) in [4.78, 5) is 29.0. The van der Waals surface area contributed by atoms with Crippen molar-refractivity contribution in [2.45, 2.75) is 10.9 Å². The van der Waals surface area contributed by atoms with E-state index < -0.39 is 5.63 Å². The molecule has 0 saturated carbocycles. The minimum Gasteiger partial charge on any atom is -0.454 e. The monoisotopic (exact) mass is 452 g/mol. The van der Waals surface area contributed by atoms with Gasteiger partial charge in [-0.2, -0.15) is 0 Å². The van der Waals surface area contributed by atoms with Gasteiger partial charge in [0.1, 0.15) is 5.58 Å². The predicted molar refractivity (Wildman–Crippen MR) is 119 cm³/mol. The van der Waals surface area contributed by atoms with Crippen LogP contribution in [0.25, 0.3) is 22.2 Å². The number of hydrogen-bond acceptors (Lipinski definition) is 8. The summed E-state index contributed by atoms with van der Waals surface area (Å²) < 4.78 is 16.7. The molecule has 0 fully saturated rings. The third-order valence-corrected chi connectivity index (χ3v) is 6.67. The van der Waals surface area contributed by atoms with Crippen molar-refractivity contribution in [1.82, 2.24) is 10.3 Å². The molecule has 0 unspecified atom stereocenters. The van der Waals surface area contributed by atoms with Crippen LogP contribution < -0.4 is 20.4 Å². The Morgan fingerprint density at radius 2 is 2.00 bits per heavy atom. The molecule has 2 aromatic heterocycles. The van der Waals surface area contributed by atoms with Gasteiger partial charge in [-0.05, 0) is 29.8 Å². The van der Waals surface area contributed by atoms with Crippen LogP contribution in [0.5, 0.6) is 11.5 Å². The number of aromatic nitrogens is 1. The highest BCUT2D eigenvalue weighted by Crippen LogP contribution is 2.32. The second-order valence-corrected chi connectivity index (χ2v) is 8.82. The minimum atomic E-state index is -0.429. The van der Waals surface area contributed by atoms with Crippen LogP contribution >= 0.6 is 23.1 Å². The van der Waals surface area contributed by atoms with Gasteiger partial charge >= 0.3 is 5.63 Å². The molecule has 0 spiro atoms. The van der Waals surface area contributed by atoms with Crippen LogP contribution in [0.3, 0.4) is 0 Å². The normalized spacial score (nSPS) is 12.3. The summed E-state index contributed by atoms with van der Waals surface area (Å²) in [6.07, 6.45) is 0. The summed E-state index contributed by atoms with van der Waals surface area (Å²) >= 11 is 2.72. The minimum absolute atomic E-state index is 0.107. The van der Waals surface area contributed by atoms with Gasteiger partial charge in [-0.25, -0.2) is 9.78 Å². The summed E-state index contributed by atoms with van der Waals surface area (Å²) in [5, 5.41) is 5.52. The van der Waals surface area contributed by atoms with Crippen molar-refractivity contribution in [1.29, 1.82) is 0 Å². The lowest BCUT2D eigenvalue weighted by Gasteiger charge is -2.05. The van der Waals surface area contributed by atoms with E-state index in [-0.39, 0.29) is 18.5 Å². The molecule has 3 heterocycles. The fourth-order valence-electron chi connectivity index (χ4n) is 3.12. The largest absolute Gasteiger partial charge is 0.454 e. The third-order valence-electron chi connectivity index (χ3n) is 4.65. The second-order valence-electron chi connectivity index (χ2n) is 6.74. The van der Waals surface area contributed by atoms with E-state index in [4.69, 9.17) is 13.9 Å². The van der Waals surface area contributed by atoms with E-state index in [1.165, 1.54) is 23.1 Å². The highest BCUT2D eigenvalue weighted by Gasteiger charge is 2.15. The molecule has 1 aliphatic rings. The number of ether oxygens (including phenoxy) is 2. The molecule has 1 N–H and O–H groups in total. The Labute approximate surface area is 185 Å². The van der Waals surface area contributed by atoms with E-state index in [1.54, 1.807) is 17.5 Å². The molecular weight excluding hydrogens is 436 g/mol. The molecule has 0 aliphatic carbocycles. The van der Waals surface area contributed by atoms with Crippen molar-refractivity contribution in [2.24, 2.45) is 0 Å². The van der Waals surface area contributed by atoms with Gasteiger partial charge in [0.25, 0.3) is 0 Å². The Balaban J connectivity index is 1.20. The van der Waals surface area contributed by atoms with E-state index in [0.29, 0.717) is 39.2 Å². The lowest BCUT2D eigenvalue weighted by atomic mass is 10.1. The van der Waals surface area contributed by atoms with Gasteiger partial charge in [-0.1, -0.05) is 36.0 Å². The smallest absolute Gasteiger partial charge is 0.345 e. The number of para-hydroxylation sites is 1. The first kappa shape index (κ1) is 19.7. The van der Waals surface area contributed by atoms with Crippen LogP contribution in [0.1, 0.15) is 5.56 Å². The van der Waals surface area contributed by atoms with E-state index >= 15 is 0 Å². The van der Waals surface area contributed by atoms with Crippen molar-refractivity contribution in [3.05, 3.63) is 69.9 Å². The topological polar surface area (TPSA) is 90.7 Å². The number of fused-ring (bicyclic) bond motifs is 2. The summed E-state index contributed by atoms with van der Waals surface area (Å²) in [6, 6.07) is 14.7. The maximum atomic E-state index is 12.3. The van der Waals surface area contributed by atoms with Crippen molar-refractivity contribution in [2.75, 3.05) is 12.5 Å². The fraction of sp³-hybridized carbons (Fsp3) is 0.136. The van der Waals surface area contributed by atoms with Gasteiger partial charge in [0.15, 0.2) is 15.8 Å². The Morgan fingerprint density at radius 1 is 1.13 bits per heavy atom. The third kappa shape index (κ3) is 4.28. The van der Waals surface area contributed by atoms with Crippen LogP contribution in [0.15, 0.2) is 67.5 Å². The van der Waals surface area contributed by atoms with Crippen LogP contribution in [0, 0.1) is 0 Å². The van der Waals surface area contributed by atoms with E-state index in [2.05, 4.69) is 10.3 Å². The molecule has 4 aromatic rings. The van der Waals surface area contributed by atoms with Gasteiger partial charge in [0.2, 0.25) is 12.7 Å². The molecule has 9 heteroatoms. The molecule has 2 aromatic carbocycles. The average Bonchev–Trinajstić information content (AvgIpc) is 3.45. The summed E-state index contributed by atoms with van der Waals surface area (Å²) in [7, 11) is 0. The SMILES string of the molecule is O=C(CSc1nc(-c2cc3ccccc3oc2=O)cs1)NCc1ccc2c(c1)OCO2. The molecule has 0 atom stereocenters. The first-order chi connectivity index (χ1) is 15.2. The van der Waals surface area contributed by atoms with Crippen molar-refractivity contribution < 1.29 is 18.7 Å². The highest BCUT2D eigenvalue weighted by molar-refractivity contribution is 8.01. The molecule has 0 saturated heterocycles. The standard InChI is InChI=1S/C22H16N2O5S2/c25-20(23-9-13-5-6-18-19(7-13)28-12-27-18)11-31-22-24-16(10-30-22)15-8-14-3-1-2-4-17(14)29-21(15)26/h1-8,10H,9,11-12H2,(H,23,25). The second kappa shape index (κ2) is 8.44. The molecule has 7 nitrogen and oxygen atoms in total. The number of rotatable bonds is 6. The lowest BCUT2D eigenvalue weighted by Crippen LogP contribution is -2.24. The Hall–Kier alpha value is -3.30. The van der Waals surface area contributed by atoms with E-state index in [9.17, 15) is 9.59 Å². The number of nitrogens with zero attached hydrogens (tertiary/aromatic N) is 1. The first-order valence-corrected chi connectivity index (χ1v) is 11.3. The fourth-order valence-corrected chi connectivity index (χ4v) is 4.77. The number of nitrogens with one attached hydrogen (secondary N) is 1. The number of thioether (sulfide) groups is 1. The van der Waals surface area contributed by atoms with Gasteiger partial charge in [-0.15, -0.1) is 11.3 Å². The highest BCUT2D eigenvalue weighted by atomic mass is 32.2. The number of hydrogen-bond donors (Lipinski definition) is 1. The predicted octanol–water partition coefficient (Wildman–Crippen LogP) is 4.05. The average molecular weight is 453 g/mol. The lowest BCUT2D eigenvalue weighted by molar-refractivity contribution is -0.118. The van der Waals surface area contributed by atoms with Crippen LogP contribution in [-0.4, -0.2) is 23.4 Å². The van der Waals surface area contributed by atoms with Gasteiger partial charge < -0.3 is 19.2 Å². The number of carbonyl (C=O) groups is 1. The van der Waals surface area contributed by atoms with Crippen molar-refractivity contribution in [3.8, 4) is 22.8 Å². The van der Waals surface area contributed by atoms with Gasteiger partial charge in [0.05, 0.1) is 17.0 Å². The van der Waals surface area contributed by atoms with Gasteiger partial charge in [0, 0.05) is 17.3 Å².